The highest BCUT2D eigenvalue weighted by Gasteiger charge is 2.33. The summed E-state index contributed by atoms with van der Waals surface area (Å²) in [6.45, 7) is 4.14. The molecule has 6 heteroatoms. The second-order valence-corrected chi connectivity index (χ2v) is 8.19. The van der Waals surface area contributed by atoms with Gasteiger partial charge < -0.3 is 14.7 Å². The number of piperidine rings is 1. The second kappa shape index (κ2) is 8.33. The smallest absolute Gasteiger partial charge is 0.227 e. The lowest BCUT2D eigenvalue weighted by Crippen LogP contribution is -2.48. The summed E-state index contributed by atoms with van der Waals surface area (Å²) < 4.78 is 0. The van der Waals surface area contributed by atoms with Gasteiger partial charge >= 0.3 is 0 Å². The lowest BCUT2D eigenvalue weighted by molar-refractivity contribution is -0.143. The van der Waals surface area contributed by atoms with E-state index in [0.717, 1.165) is 32.4 Å². The first-order valence-corrected chi connectivity index (χ1v) is 10.5. The van der Waals surface area contributed by atoms with Crippen LogP contribution in [0.15, 0.2) is 24.3 Å². The molecule has 4 rings (SSSR count). The molecule has 3 heterocycles. The summed E-state index contributed by atoms with van der Waals surface area (Å²) in [6.07, 6.45) is 4.38. The molecule has 0 bridgehead atoms. The van der Waals surface area contributed by atoms with Crippen LogP contribution in [-0.4, -0.2) is 65.1 Å². The van der Waals surface area contributed by atoms with Crippen LogP contribution in [0.5, 0.6) is 0 Å². The van der Waals surface area contributed by atoms with Gasteiger partial charge in [-0.2, -0.15) is 0 Å². The topological polar surface area (TPSA) is 60.9 Å². The first-order valence-electron chi connectivity index (χ1n) is 10.5. The third-order valence-electron chi connectivity index (χ3n) is 6.32. The quantitative estimate of drug-likeness (QED) is 0.779. The van der Waals surface area contributed by atoms with Gasteiger partial charge in [0.15, 0.2) is 0 Å². The molecule has 28 heavy (non-hydrogen) atoms. The van der Waals surface area contributed by atoms with Crippen molar-refractivity contribution in [1.29, 1.82) is 0 Å². The number of nitrogens with zero attached hydrogens (tertiary/aromatic N) is 3. The highest BCUT2D eigenvalue weighted by Crippen LogP contribution is 2.24. The summed E-state index contributed by atoms with van der Waals surface area (Å²) in [5.74, 6) is 0.447. The Labute approximate surface area is 166 Å². The fourth-order valence-electron chi connectivity index (χ4n) is 4.67. The molecule has 0 aromatic heterocycles. The number of hydrogen-bond donors (Lipinski definition) is 0. The van der Waals surface area contributed by atoms with Crippen LogP contribution in [0.4, 0.5) is 0 Å². The van der Waals surface area contributed by atoms with Crippen LogP contribution in [-0.2, 0) is 27.3 Å². The highest BCUT2D eigenvalue weighted by atomic mass is 16.2. The molecular weight excluding hydrogens is 354 g/mol. The molecule has 3 aliphatic rings. The molecular formula is C22H29N3O3. The number of likely N-dealkylation sites (tertiary alicyclic amines) is 2. The molecule has 0 N–H and O–H groups in total. The summed E-state index contributed by atoms with van der Waals surface area (Å²) in [5.41, 5.74) is 2.57. The van der Waals surface area contributed by atoms with Crippen molar-refractivity contribution in [3.8, 4) is 0 Å². The van der Waals surface area contributed by atoms with Crippen molar-refractivity contribution in [3.63, 3.8) is 0 Å². The summed E-state index contributed by atoms with van der Waals surface area (Å²) in [5, 5.41) is 0. The van der Waals surface area contributed by atoms with Crippen LogP contribution in [0.25, 0.3) is 0 Å². The maximum absolute atomic E-state index is 13.1. The fraction of sp³-hybridized carbons (Fsp3) is 0.591. The predicted octanol–water partition coefficient (Wildman–Crippen LogP) is 1.82. The standard InChI is InChI=1S/C22H29N3O3/c26-20-7-3-11-23(20)12-4-13-24-16-19(8-9-21(24)27)22(28)25-14-10-17-5-1-2-6-18(17)15-25/h1-2,5-6,19H,3-4,7-16H2. The molecule has 1 atom stereocenters. The van der Waals surface area contributed by atoms with Crippen molar-refractivity contribution in [3.05, 3.63) is 35.4 Å². The van der Waals surface area contributed by atoms with Crippen LogP contribution in [0, 0.1) is 5.92 Å². The minimum atomic E-state index is -0.101. The van der Waals surface area contributed by atoms with Crippen molar-refractivity contribution in [1.82, 2.24) is 14.7 Å². The SMILES string of the molecule is O=C1CCCN1CCCN1CC(C(=O)N2CCc3ccccc3C2)CCC1=O. The van der Waals surface area contributed by atoms with Gasteiger partial charge in [0.2, 0.25) is 17.7 Å². The van der Waals surface area contributed by atoms with Crippen LogP contribution < -0.4 is 0 Å². The Morgan fingerprint density at radius 1 is 0.929 bits per heavy atom. The second-order valence-electron chi connectivity index (χ2n) is 8.19. The highest BCUT2D eigenvalue weighted by molar-refractivity contribution is 5.84. The minimum Gasteiger partial charge on any atom is -0.343 e. The summed E-state index contributed by atoms with van der Waals surface area (Å²) >= 11 is 0. The zero-order valence-electron chi connectivity index (χ0n) is 16.4. The van der Waals surface area contributed by atoms with E-state index in [1.165, 1.54) is 11.1 Å². The Kier molecular flexibility index (Phi) is 5.64. The zero-order valence-corrected chi connectivity index (χ0v) is 16.4. The van der Waals surface area contributed by atoms with Crippen LogP contribution in [0.1, 0.15) is 43.2 Å². The lowest BCUT2D eigenvalue weighted by atomic mass is 9.93. The fourth-order valence-corrected chi connectivity index (χ4v) is 4.67. The van der Waals surface area contributed by atoms with Gasteiger partial charge in [0, 0.05) is 52.1 Å². The molecule has 3 aliphatic heterocycles. The van der Waals surface area contributed by atoms with E-state index in [0.29, 0.717) is 45.4 Å². The number of carbonyl (C=O) groups excluding carboxylic acids is 3. The molecule has 6 nitrogen and oxygen atoms in total. The first-order chi connectivity index (χ1) is 13.6. The molecule has 1 aromatic carbocycles. The van der Waals surface area contributed by atoms with Gasteiger partial charge in [0.1, 0.15) is 0 Å². The monoisotopic (exact) mass is 383 g/mol. The molecule has 150 valence electrons. The number of benzene rings is 1. The maximum atomic E-state index is 13.1. The van der Waals surface area contributed by atoms with E-state index in [2.05, 4.69) is 18.2 Å². The molecule has 1 unspecified atom stereocenters. The Morgan fingerprint density at radius 2 is 1.68 bits per heavy atom. The third-order valence-corrected chi connectivity index (χ3v) is 6.32. The van der Waals surface area contributed by atoms with Crippen molar-refractivity contribution < 1.29 is 14.4 Å². The normalized spacial score (nSPS) is 22.6. The number of amides is 3. The Hall–Kier alpha value is -2.37. The van der Waals surface area contributed by atoms with E-state index in [9.17, 15) is 14.4 Å². The Morgan fingerprint density at radius 3 is 2.46 bits per heavy atom. The van der Waals surface area contributed by atoms with Crippen LogP contribution in [0.2, 0.25) is 0 Å². The van der Waals surface area contributed by atoms with Crippen LogP contribution in [0.3, 0.4) is 0 Å². The van der Waals surface area contributed by atoms with E-state index in [1.54, 1.807) is 0 Å². The van der Waals surface area contributed by atoms with Crippen molar-refractivity contribution in [2.75, 3.05) is 32.7 Å². The maximum Gasteiger partial charge on any atom is 0.227 e. The molecule has 0 aliphatic carbocycles. The van der Waals surface area contributed by atoms with Gasteiger partial charge in [0.05, 0.1) is 5.92 Å². The zero-order chi connectivity index (χ0) is 19.5. The predicted molar refractivity (Wildman–Crippen MR) is 105 cm³/mol. The molecule has 3 amide bonds. The van der Waals surface area contributed by atoms with Gasteiger partial charge in [-0.3, -0.25) is 14.4 Å². The van der Waals surface area contributed by atoms with Crippen molar-refractivity contribution in [2.45, 2.75) is 45.1 Å². The Bertz CT molecular complexity index is 763. The molecule has 2 fully saturated rings. The van der Waals surface area contributed by atoms with E-state index in [-0.39, 0.29) is 23.6 Å². The number of carbonyl (C=O) groups is 3. The van der Waals surface area contributed by atoms with Gasteiger partial charge in [-0.25, -0.2) is 0 Å². The number of fused-ring (bicyclic) bond motifs is 1. The van der Waals surface area contributed by atoms with Gasteiger partial charge in [-0.15, -0.1) is 0 Å². The molecule has 0 radical (unpaired) electrons. The van der Waals surface area contributed by atoms with Gasteiger partial charge in [-0.1, -0.05) is 24.3 Å². The molecule has 0 saturated carbocycles. The van der Waals surface area contributed by atoms with Crippen molar-refractivity contribution >= 4 is 17.7 Å². The molecule has 0 spiro atoms. The van der Waals surface area contributed by atoms with Gasteiger partial charge in [0.25, 0.3) is 0 Å². The van der Waals surface area contributed by atoms with Gasteiger partial charge in [-0.05, 0) is 36.8 Å². The van der Waals surface area contributed by atoms with E-state index < -0.39 is 0 Å². The van der Waals surface area contributed by atoms with E-state index >= 15 is 0 Å². The van der Waals surface area contributed by atoms with Crippen LogP contribution >= 0.6 is 0 Å². The number of hydrogen-bond acceptors (Lipinski definition) is 3. The van der Waals surface area contributed by atoms with E-state index in [1.807, 2.05) is 20.8 Å². The first kappa shape index (κ1) is 19.0. The number of rotatable bonds is 5. The average Bonchev–Trinajstić information content (AvgIpc) is 3.13. The average molecular weight is 383 g/mol. The summed E-state index contributed by atoms with van der Waals surface area (Å²) in [4.78, 5) is 42.8. The largest absolute Gasteiger partial charge is 0.343 e. The minimum absolute atomic E-state index is 0.101. The lowest BCUT2D eigenvalue weighted by Gasteiger charge is -2.36. The van der Waals surface area contributed by atoms with E-state index in [4.69, 9.17) is 0 Å². The van der Waals surface area contributed by atoms with Crippen molar-refractivity contribution in [2.24, 2.45) is 5.92 Å². The third kappa shape index (κ3) is 4.05. The molecule has 1 aromatic rings. The Balaban J connectivity index is 1.30. The summed E-state index contributed by atoms with van der Waals surface area (Å²) in [7, 11) is 0. The molecule has 2 saturated heterocycles. The summed E-state index contributed by atoms with van der Waals surface area (Å²) in [6, 6.07) is 8.32.